The Morgan fingerprint density at radius 1 is 1.38 bits per heavy atom. The molecule has 1 saturated heterocycles. The zero-order valence-corrected chi connectivity index (χ0v) is 14.0. The van der Waals surface area contributed by atoms with Crippen LogP contribution in [0.3, 0.4) is 0 Å². The first-order chi connectivity index (χ1) is 11.6. The number of rotatable bonds is 4. The lowest BCUT2D eigenvalue weighted by molar-refractivity contribution is -0.121. The molecule has 5 heteroatoms. The van der Waals surface area contributed by atoms with E-state index in [0.717, 1.165) is 43.7 Å². The molecule has 126 valence electrons. The van der Waals surface area contributed by atoms with Crippen molar-refractivity contribution in [1.29, 1.82) is 0 Å². The van der Waals surface area contributed by atoms with Crippen molar-refractivity contribution in [2.75, 3.05) is 24.1 Å². The Kier molecular flexibility index (Phi) is 5.11. The third kappa shape index (κ3) is 4.32. The van der Waals surface area contributed by atoms with Crippen molar-refractivity contribution in [2.45, 2.75) is 26.3 Å². The Labute approximate surface area is 142 Å². The highest BCUT2D eigenvalue weighted by molar-refractivity contribution is 5.91. The highest BCUT2D eigenvalue weighted by Crippen LogP contribution is 2.20. The Balaban J connectivity index is 1.58. The molecule has 1 unspecified atom stereocenters. The average molecular weight is 324 g/mol. The van der Waals surface area contributed by atoms with Crippen molar-refractivity contribution in [3.8, 4) is 0 Å². The second-order valence-electron chi connectivity index (χ2n) is 6.53. The van der Waals surface area contributed by atoms with Crippen molar-refractivity contribution < 1.29 is 4.79 Å². The third-order valence-corrected chi connectivity index (χ3v) is 4.40. The van der Waals surface area contributed by atoms with Crippen LogP contribution in [-0.4, -0.2) is 28.9 Å². The number of anilines is 2. The first kappa shape index (κ1) is 16.5. The summed E-state index contributed by atoms with van der Waals surface area (Å²) in [5, 5.41) is 2.94. The number of piperidine rings is 1. The van der Waals surface area contributed by atoms with E-state index in [4.69, 9.17) is 5.73 Å². The predicted octanol–water partition coefficient (Wildman–Crippen LogP) is 2.82. The topological polar surface area (TPSA) is 71.2 Å². The second-order valence-corrected chi connectivity index (χ2v) is 6.53. The molecule has 1 fully saturated rings. The van der Waals surface area contributed by atoms with Gasteiger partial charge in [0.25, 0.3) is 0 Å². The molecule has 2 aromatic rings. The van der Waals surface area contributed by atoms with Gasteiger partial charge in [0, 0.05) is 25.0 Å². The summed E-state index contributed by atoms with van der Waals surface area (Å²) in [7, 11) is 0. The zero-order valence-electron chi connectivity index (χ0n) is 14.0. The van der Waals surface area contributed by atoms with Gasteiger partial charge in [0.15, 0.2) is 0 Å². The number of benzene rings is 1. The van der Waals surface area contributed by atoms with Gasteiger partial charge in [0.05, 0.1) is 5.92 Å². The van der Waals surface area contributed by atoms with Crippen LogP contribution < -0.4 is 11.1 Å². The van der Waals surface area contributed by atoms with E-state index in [1.165, 1.54) is 5.56 Å². The van der Waals surface area contributed by atoms with Gasteiger partial charge in [-0.25, -0.2) is 4.98 Å². The summed E-state index contributed by atoms with van der Waals surface area (Å²) in [6, 6.07) is 11.7. The number of aryl methyl sites for hydroxylation is 1. The standard InChI is InChI=1S/C19H24N4O/c1-14-7-8-18(21-11-14)22-19(24)16-5-3-9-23(13-16)12-15-4-2-6-17(20)10-15/h2,4,6-8,10-11,16H,3,5,9,12-13,20H2,1H3,(H,21,22,24). The highest BCUT2D eigenvalue weighted by atomic mass is 16.2. The van der Waals surface area contributed by atoms with E-state index in [-0.39, 0.29) is 11.8 Å². The van der Waals surface area contributed by atoms with E-state index < -0.39 is 0 Å². The van der Waals surface area contributed by atoms with Crippen LogP contribution in [0, 0.1) is 12.8 Å². The molecular weight excluding hydrogens is 300 g/mol. The molecule has 5 nitrogen and oxygen atoms in total. The summed E-state index contributed by atoms with van der Waals surface area (Å²) >= 11 is 0. The monoisotopic (exact) mass is 324 g/mol. The van der Waals surface area contributed by atoms with Gasteiger partial charge < -0.3 is 11.1 Å². The fourth-order valence-corrected chi connectivity index (χ4v) is 3.13. The van der Waals surface area contributed by atoms with Crippen LogP contribution in [0.4, 0.5) is 11.5 Å². The van der Waals surface area contributed by atoms with Crippen LogP contribution in [0.15, 0.2) is 42.6 Å². The zero-order chi connectivity index (χ0) is 16.9. The van der Waals surface area contributed by atoms with Crippen molar-refractivity contribution >= 4 is 17.4 Å². The maximum Gasteiger partial charge on any atom is 0.229 e. The van der Waals surface area contributed by atoms with Crippen LogP contribution >= 0.6 is 0 Å². The van der Waals surface area contributed by atoms with E-state index >= 15 is 0 Å². The summed E-state index contributed by atoms with van der Waals surface area (Å²) in [6.45, 7) is 4.60. The summed E-state index contributed by atoms with van der Waals surface area (Å²) < 4.78 is 0. The van der Waals surface area contributed by atoms with E-state index in [1.807, 2.05) is 37.3 Å². The molecule has 0 radical (unpaired) electrons. The number of carbonyl (C=O) groups excluding carboxylic acids is 1. The molecule has 1 aromatic heterocycles. The van der Waals surface area contributed by atoms with Gasteiger partial charge in [-0.2, -0.15) is 0 Å². The lowest BCUT2D eigenvalue weighted by atomic mass is 9.96. The molecule has 0 bridgehead atoms. The number of nitrogens with two attached hydrogens (primary N) is 1. The number of hydrogen-bond donors (Lipinski definition) is 2. The minimum atomic E-state index is 0.00270. The molecule has 1 atom stereocenters. The molecule has 24 heavy (non-hydrogen) atoms. The molecule has 3 N–H and O–H groups in total. The number of carbonyl (C=O) groups is 1. The molecule has 1 aliphatic heterocycles. The predicted molar refractivity (Wildman–Crippen MR) is 96.5 cm³/mol. The minimum Gasteiger partial charge on any atom is -0.399 e. The van der Waals surface area contributed by atoms with Crippen LogP contribution in [0.25, 0.3) is 0 Å². The number of amides is 1. The quantitative estimate of drug-likeness (QED) is 0.848. The Hall–Kier alpha value is -2.40. The molecule has 1 amide bonds. The second kappa shape index (κ2) is 7.45. The van der Waals surface area contributed by atoms with Gasteiger partial charge in [-0.15, -0.1) is 0 Å². The number of likely N-dealkylation sites (tertiary alicyclic amines) is 1. The van der Waals surface area contributed by atoms with Gasteiger partial charge >= 0.3 is 0 Å². The summed E-state index contributed by atoms with van der Waals surface area (Å²) in [6.07, 6.45) is 3.72. The van der Waals surface area contributed by atoms with E-state index in [0.29, 0.717) is 5.82 Å². The number of nitrogens with one attached hydrogen (secondary N) is 1. The highest BCUT2D eigenvalue weighted by Gasteiger charge is 2.26. The molecule has 1 aliphatic rings. The van der Waals surface area contributed by atoms with Crippen LogP contribution in [0.1, 0.15) is 24.0 Å². The Morgan fingerprint density at radius 2 is 2.25 bits per heavy atom. The molecule has 1 aromatic carbocycles. The van der Waals surface area contributed by atoms with Crippen molar-refractivity contribution in [3.05, 3.63) is 53.7 Å². The first-order valence-electron chi connectivity index (χ1n) is 8.40. The molecular formula is C19H24N4O. The number of pyridine rings is 1. The van der Waals surface area contributed by atoms with Gasteiger partial charge in [-0.3, -0.25) is 9.69 Å². The fraction of sp³-hybridized carbons (Fsp3) is 0.368. The van der Waals surface area contributed by atoms with Crippen molar-refractivity contribution in [3.63, 3.8) is 0 Å². The molecule has 2 heterocycles. The van der Waals surface area contributed by atoms with Crippen molar-refractivity contribution in [2.24, 2.45) is 5.92 Å². The average Bonchev–Trinajstić information content (AvgIpc) is 2.57. The van der Waals surface area contributed by atoms with Gasteiger partial charge in [-0.05, 0) is 55.6 Å². The van der Waals surface area contributed by atoms with Gasteiger partial charge in [-0.1, -0.05) is 18.2 Å². The molecule has 0 saturated carbocycles. The normalized spacial score (nSPS) is 18.3. The molecule has 3 rings (SSSR count). The maximum atomic E-state index is 12.5. The van der Waals surface area contributed by atoms with Crippen LogP contribution in [-0.2, 0) is 11.3 Å². The minimum absolute atomic E-state index is 0.00270. The number of nitrogens with zero attached hydrogens (tertiary/aromatic N) is 2. The van der Waals surface area contributed by atoms with E-state index in [2.05, 4.69) is 21.3 Å². The van der Waals surface area contributed by atoms with E-state index in [9.17, 15) is 4.79 Å². The first-order valence-corrected chi connectivity index (χ1v) is 8.40. The summed E-state index contributed by atoms with van der Waals surface area (Å²) in [5.41, 5.74) is 8.90. The number of aromatic nitrogens is 1. The maximum absolute atomic E-state index is 12.5. The lowest BCUT2D eigenvalue weighted by Gasteiger charge is -2.32. The molecule has 0 spiro atoms. The van der Waals surface area contributed by atoms with Crippen LogP contribution in [0.5, 0.6) is 0 Å². The summed E-state index contributed by atoms with van der Waals surface area (Å²) in [5.74, 6) is 0.685. The fourth-order valence-electron chi connectivity index (χ4n) is 3.13. The largest absolute Gasteiger partial charge is 0.399 e. The van der Waals surface area contributed by atoms with Gasteiger partial charge in [0.2, 0.25) is 5.91 Å². The Bertz CT molecular complexity index is 699. The summed E-state index contributed by atoms with van der Waals surface area (Å²) in [4.78, 5) is 19.1. The lowest BCUT2D eigenvalue weighted by Crippen LogP contribution is -2.40. The van der Waals surface area contributed by atoms with Crippen molar-refractivity contribution in [1.82, 2.24) is 9.88 Å². The van der Waals surface area contributed by atoms with Crippen LogP contribution in [0.2, 0.25) is 0 Å². The van der Waals surface area contributed by atoms with E-state index in [1.54, 1.807) is 6.20 Å². The number of nitrogen functional groups attached to an aromatic ring is 1. The molecule has 0 aliphatic carbocycles. The Morgan fingerprint density at radius 3 is 3.00 bits per heavy atom. The van der Waals surface area contributed by atoms with Gasteiger partial charge in [0.1, 0.15) is 5.82 Å². The number of hydrogen-bond acceptors (Lipinski definition) is 4. The smallest absolute Gasteiger partial charge is 0.229 e. The third-order valence-electron chi connectivity index (χ3n) is 4.40. The SMILES string of the molecule is Cc1ccc(NC(=O)C2CCCN(Cc3cccc(N)c3)C2)nc1.